The van der Waals surface area contributed by atoms with Crippen LogP contribution < -0.4 is 0 Å². The normalized spacial score (nSPS) is 12.2. The lowest BCUT2D eigenvalue weighted by Crippen LogP contribution is -2.08. The zero-order chi connectivity index (χ0) is 9.84. The molecule has 0 aliphatic carbocycles. The van der Waals surface area contributed by atoms with Crippen LogP contribution in [-0.2, 0) is 0 Å². The molecular weight excluding hydrogens is 230 g/mol. The van der Waals surface area contributed by atoms with Gasteiger partial charge in [0.25, 0.3) is 0 Å². The Morgan fingerprint density at radius 1 is 1.31 bits per heavy atom. The summed E-state index contributed by atoms with van der Waals surface area (Å²) in [5, 5.41) is 12.1. The number of benzene rings is 1. The Labute approximate surface area is 86.4 Å². The number of rotatable bonds is 2. The smallest absolute Gasteiger partial charge is 0.0893 e. The average molecular weight is 242 g/mol. The number of hydrogen-bond acceptors (Lipinski definition) is 2. The highest BCUT2D eigenvalue weighted by molar-refractivity contribution is 9.10. The van der Waals surface area contributed by atoms with Gasteiger partial charge in [-0.15, -0.1) is 0 Å². The number of oxime groups is 1. The van der Waals surface area contributed by atoms with Crippen LogP contribution >= 0.6 is 15.9 Å². The number of nitrogens with zero attached hydrogens (tertiary/aromatic N) is 1. The lowest BCUT2D eigenvalue weighted by molar-refractivity contribution is 0.316. The van der Waals surface area contributed by atoms with E-state index in [4.69, 9.17) is 5.21 Å². The fraction of sp³-hybridized carbons (Fsp3) is 0.300. The summed E-state index contributed by atoms with van der Waals surface area (Å²) >= 11 is 3.35. The third kappa shape index (κ3) is 2.56. The van der Waals surface area contributed by atoms with E-state index in [0.29, 0.717) is 5.71 Å². The van der Waals surface area contributed by atoms with Crippen molar-refractivity contribution in [1.82, 2.24) is 0 Å². The van der Waals surface area contributed by atoms with E-state index in [1.54, 1.807) is 0 Å². The molecule has 0 saturated carbocycles. The largest absolute Gasteiger partial charge is 0.411 e. The molecule has 0 amide bonds. The van der Waals surface area contributed by atoms with Crippen LogP contribution in [0.25, 0.3) is 0 Å². The Morgan fingerprint density at radius 2 is 1.85 bits per heavy atom. The molecule has 0 heterocycles. The van der Waals surface area contributed by atoms with Crippen molar-refractivity contribution in [3.05, 3.63) is 34.3 Å². The SMILES string of the molecule is CC(C)/C(=N\O)c1ccc(Br)cc1. The Morgan fingerprint density at radius 3 is 2.23 bits per heavy atom. The summed E-state index contributed by atoms with van der Waals surface area (Å²) < 4.78 is 1.03. The Bertz CT molecular complexity index is 303. The van der Waals surface area contributed by atoms with Gasteiger partial charge in [0.15, 0.2) is 0 Å². The minimum Gasteiger partial charge on any atom is -0.411 e. The van der Waals surface area contributed by atoms with E-state index >= 15 is 0 Å². The van der Waals surface area contributed by atoms with Crippen LogP contribution in [0.3, 0.4) is 0 Å². The van der Waals surface area contributed by atoms with Crippen molar-refractivity contribution in [3.63, 3.8) is 0 Å². The van der Waals surface area contributed by atoms with Gasteiger partial charge in [-0.3, -0.25) is 0 Å². The maximum absolute atomic E-state index is 8.80. The third-order valence-corrected chi connectivity index (χ3v) is 2.32. The molecule has 0 spiro atoms. The van der Waals surface area contributed by atoms with Crippen LogP contribution in [0.4, 0.5) is 0 Å². The molecule has 1 rings (SSSR count). The highest BCUT2D eigenvalue weighted by Crippen LogP contribution is 2.14. The molecule has 0 bridgehead atoms. The lowest BCUT2D eigenvalue weighted by atomic mass is 10.0. The van der Waals surface area contributed by atoms with E-state index < -0.39 is 0 Å². The van der Waals surface area contributed by atoms with E-state index in [1.165, 1.54) is 0 Å². The first kappa shape index (κ1) is 10.3. The number of halogens is 1. The second-order valence-corrected chi connectivity index (χ2v) is 4.06. The van der Waals surface area contributed by atoms with Gasteiger partial charge in [-0.05, 0) is 23.6 Å². The average Bonchev–Trinajstić information content (AvgIpc) is 2.09. The van der Waals surface area contributed by atoms with Crippen molar-refractivity contribution in [1.29, 1.82) is 0 Å². The summed E-state index contributed by atoms with van der Waals surface area (Å²) in [4.78, 5) is 0. The fourth-order valence-electron chi connectivity index (χ4n) is 1.13. The second-order valence-electron chi connectivity index (χ2n) is 3.15. The Hall–Kier alpha value is -0.830. The van der Waals surface area contributed by atoms with Gasteiger partial charge < -0.3 is 5.21 Å². The zero-order valence-electron chi connectivity index (χ0n) is 7.66. The zero-order valence-corrected chi connectivity index (χ0v) is 9.25. The summed E-state index contributed by atoms with van der Waals surface area (Å²) in [5.41, 5.74) is 1.67. The molecule has 2 nitrogen and oxygen atoms in total. The molecular formula is C10H12BrNO. The highest BCUT2D eigenvalue weighted by atomic mass is 79.9. The van der Waals surface area contributed by atoms with Crippen molar-refractivity contribution in [2.45, 2.75) is 13.8 Å². The van der Waals surface area contributed by atoms with Crippen LogP contribution in [-0.4, -0.2) is 10.9 Å². The van der Waals surface area contributed by atoms with E-state index in [1.807, 2.05) is 38.1 Å². The molecule has 70 valence electrons. The summed E-state index contributed by atoms with van der Waals surface area (Å²) in [6.45, 7) is 3.99. The van der Waals surface area contributed by atoms with Gasteiger partial charge in [0.1, 0.15) is 0 Å². The van der Waals surface area contributed by atoms with E-state index in [-0.39, 0.29) is 5.92 Å². The standard InChI is InChI=1S/C10H12BrNO/c1-7(2)10(12-13)8-3-5-9(11)6-4-8/h3-7,13H,1-2H3/b12-10+. The molecule has 1 aromatic rings. The lowest BCUT2D eigenvalue weighted by Gasteiger charge is -2.07. The Balaban J connectivity index is 3.00. The first-order valence-electron chi connectivity index (χ1n) is 4.13. The summed E-state index contributed by atoms with van der Waals surface area (Å²) in [6, 6.07) is 7.73. The minimum atomic E-state index is 0.228. The molecule has 1 aromatic carbocycles. The molecule has 0 fully saturated rings. The van der Waals surface area contributed by atoms with Crippen molar-refractivity contribution >= 4 is 21.6 Å². The van der Waals surface area contributed by atoms with Crippen LogP contribution in [0.2, 0.25) is 0 Å². The molecule has 3 heteroatoms. The van der Waals surface area contributed by atoms with Gasteiger partial charge in [-0.1, -0.05) is 47.1 Å². The molecule has 0 radical (unpaired) electrons. The van der Waals surface area contributed by atoms with Gasteiger partial charge in [0.05, 0.1) is 5.71 Å². The fourth-order valence-corrected chi connectivity index (χ4v) is 1.39. The topological polar surface area (TPSA) is 32.6 Å². The molecule has 0 aliphatic rings. The maximum Gasteiger partial charge on any atom is 0.0893 e. The molecule has 1 N–H and O–H groups in total. The monoisotopic (exact) mass is 241 g/mol. The van der Waals surface area contributed by atoms with Gasteiger partial charge >= 0.3 is 0 Å². The predicted octanol–water partition coefficient (Wildman–Crippen LogP) is 3.28. The van der Waals surface area contributed by atoms with Crippen LogP contribution in [0.5, 0.6) is 0 Å². The van der Waals surface area contributed by atoms with Gasteiger partial charge in [-0.2, -0.15) is 0 Å². The summed E-state index contributed by atoms with van der Waals surface area (Å²) in [5.74, 6) is 0.228. The van der Waals surface area contributed by atoms with Crippen molar-refractivity contribution in [2.75, 3.05) is 0 Å². The summed E-state index contributed by atoms with van der Waals surface area (Å²) in [7, 11) is 0. The first-order chi connectivity index (χ1) is 6.15. The second kappa shape index (κ2) is 4.42. The molecule has 0 atom stereocenters. The quantitative estimate of drug-likeness (QED) is 0.481. The summed E-state index contributed by atoms with van der Waals surface area (Å²) in [6.07, 6.45) is 0. The molecule has 0 unspecified atom stereocenters. The van der Waals surface area contributed by atoms with Gasteiger partial charge in [0.2, 0.25) is 0 Å². The van der Waals surface area contributed by atoms with E-state index in [2.05, 4.69) is 21.1 Å². The number of hydrogen-bond donors (Lipinski definition) is 1. The van der Waals surface area contributed by atoms with E-state index in [9.17, 15) is 0 Å². The molecule has 0 saturated heterocycles. The molecule has 0 aromatic heterocycles. The van der Waals surface area contributed by atoms with Crippen molar-refractivity contribution < 1.29 is 5.21 Å². The Kier molecular flexibility index (Phi) is 3.48. The first-order valence-corrected chi connectivity index (χ1v) is 4.92. The molecule has 13 heavy (non-hydrogen) atoms. The van der Waals surface area contributed by atoms with E-state index in [0.717, 1.165) is 10.0 Å². The predicted molar refractivity (Wildman–Crippen MR) is 57.3 cm³/mol. The van der Waals surface area contributed by atoms with Crippen LogP contribution in [0.15, 0.2) is 33.9 Å². The maximum atomic E-state index is 8.80. The van der Waals surface area contributed by atoms with Gasteiger partial charge in [-0.25, -0.2) is 0 Å². The van der Waals surface area contributed by atoms with Crippen molar-refractivity contribution in [3.8, 4) is 0 Å². The van der Waals surface area contributed by atoms with Crippen LogP contribution in [0, 0.1) is 5.92 Å². The molecule has 0 aliphatic heterocycles. The highest BCUT2D eigenvalue weighted by Gasteiger charge is 2.08. The third-order valence-electron chi connectivity index (χ3n) is 1.79. The van der Waals surface area contributed by atoms with Crippen molar-refractivity contribution in [2.24, 2.45) is 11.1 Å². The minimum absolute atomic E-state index is 0.228. The van der Waals surface area contributed by atoms with Crippen LogP contribution in [0.1, 0.15) is 19.4 Å². The van der Waals surface area contributed by atoms with Gasteiger partial charge in [0, 0.05) is 4.47 Å².